The number of amides is 2. The lowest BCUT2D eigenvalue weighted by molar-refractivity contribution is -0.132. The molecular weight excluding hydrogens is 246 g/mol. The van der Waals surface area contributed by atoms with Gasteiger partial charge >= 0.3 is 0 Å². The van der Waals surface area contributed by atoms with Crippen LogP contribution in [0, 0.1) is 6.92 Å². The first kappa shape index (κ1) is 15.0. The second-order valence-electron chi connectivity index (χ2n) is 4.32. The van der Waals surface area contributed by atoms with Gasteiger partial charge in [-0.15, -0.1) is 0 Å². The number of H-pyrrole nitrogens is 1. The van der Waals surface area contributed by atoms with Crippen LogP contribution in [0.3, 0.4) is 0 Å². The van der Waals surface area contributed by atoms with Crippen LogP contribution in [0.15, 0.2) is 0 Å². The number of likely N-dealkylation sites (N-methyl/N-ethyl adjacent to an activating group) is 1. The average Bonchev–Trinajstić information content (AvgIpc) is 2.71. The van der Waals surface area contributed by atoms with Crippen LogP contribution >= 0.6 is 0 Å². The van der Waals surface area contributed by atoms with Crippen LogP contribution in [0.5, 0.6) is 0 Å². The molecule has 4 N–H and O–H groups in total. The summed E-state index contributed by atoms with van der Waals surface area (Å²) in [5.41, 5.74) is 6.78. The Hall–Kier alpha value is -2.05. The number of hydrogen-bond donors (Lipinski definition) is 3. The highest BCUT2D eigenvalue weighted by Crippen LogP contribution is 2.12. The van der Waals surface area contributed by atoms with Crippen molar-refractivity contribution >= 4 is 17.5 Å². The zero-order valence-corrected chi connectivity index (χ0v) is 11.8. The van der Waals surface area contributed by atoms with Crippen molar-refractivity contribution in [3.63, 3.8) is 0 Å². The molecule has 7 nitrogen and oxygen atoms in total. The topological polar surface area (TPSA) is 104 Å². The largest absolute Gasteiger partial charge is 0.395 e. The third-order valence-electron chi connectivity index (χ3n) is 3.00. The standard InChI is InChI=1S/C12H21N5O2/c1-5-17(6-2)12(19)8(4)14-11(18)10-9(13)7(3)15-16-10/h8H,5-6,13H2,1-4H3,(H,14,18)(H,15,16). The normalized spacial score (nSPS) is 12.0. The molecular formula is C12H21N5O2. The summed E-state index contributed by atoms with van der Waals surface area (Å²) in [6, 6.07) is -0.608. The Morgan fingerprint density at radius 1 is 1.42 bits per heavy atom. The summed E-state index contributed by atoms with van der Waals surface area (Å²) < 4.78 is 0. The molecule has 1 atom stereocenters. The Labute approximate surface area is 112 Å². The van der Waals surface area contributed by atoms with Gasteiger partial charge in [-0.25, -0.2) is 0 Å². The van der Waals surface area contributed by atoms with Crippen LogP contribution in [0.25, 0.3) is 0 Å². The lowest BCUT2D eigenvalue weighted by Gasteiger charge is -2.23. The van der Waals surface area contributed by atoms with E-state index in [1.54, 1.807) is 18.7 Å². The van der Waals surface area contributed by atoms with E-state index in [2.05, 4.69) is 15.5 Å². The number of carbonyl (C=O) groups is 2. The first-order valence-corrected chi connectivity index (χ1v) is 6.32. The average molecular weight is 267 g/mol. The number of aromatic nitrogens is 2. The molecule has 0 aliphatic rings. The van der Waals surface area contributed by atoms with Crippen LogP contribution in [0.4, 0.5) is 5.69 Å². The second-order valence-corrected chi connectivity index (χ2v) is 4.32. The summed E-state index contributed by atoms with van der Waals surface area (Å²) in [6.07, 6.45) is 0. The number of carbonyl (C=O) groups excluding carboxylic acids is 2. The first-order valence-electron chi connectivity index (χ1n) is 6.32. The second kappa shape index (κ2) is 6.21. The Morgan fingerprint density at radius 3 is 2.42 bits per heavy atom. The summed E-state index contributed by atoms with van der Waals surface area (Å²) in [5, 5.41) is 9.07. The molecule has 0 fully saturated rings. The summed E-state index contributed by atoms with van der Waals surface area (Å²) in [5.74, 6) is -0.570. The Morgan fingerprint density at radius 2 is 2.00 bits per heavy atom. The summed E-state index contributed by atoms with van der Waals surface area (Å²) in [7, 11) is 0. The minimum absolute atomic E-state index is 0.121. The molecule has 106 valence electrons. The summed E-state index contributed by atoms with van der Waals surface area (Å²) >= 11 is 0. The van der Waals surface area contributed by atoms with Crippen LogP contribution in [0.2, 0.25) is 0 Å². The number of aromatic amines is 1. The van der Waals surface area contributed by atoms with Gasteiger partial charge in [0.25, 0.3) is 5.91 Å². The van der Waals surface area contributed by atoms with Gasteiger partial charge in [0.2, 0.25) is 5.91 Å². The molecule has 0 aliphatic heterocycles. The molecule has 1 aromatic heterocycles. The van der Waals surface area contributed by atoms with E-state index < -0.39 is 11.9 Å². The molecule has 19 heavy (non-hydrogen) atoms. The number of nitrogens with two attached hydrogens (primary N) is 1. The van der Waals surface area contributed by atoms with E-state index in [9.17, 15) is 9.59 Å². The van der Waals surface area contributed by atoms with E-state index in [1.165, 1.54) is 0 Å². The smallest absolute Gasteiger partial charge is 0.274 e. The van der Waals surface area contributed by atoms with E-state index in [4.69, 9.17) is 5.73 Å². The number of nitrogen functional groups attached to an aromatic ring is 1. The van der Waals surface area contributed by atoms with Crippen molar-refractivity contribution in [2.24, 2.45) is 0 Å². The van der Waals surface area contributed by atoms with Gasteiger partial charge in [0, 0.05) is 13.1 Å². The van der Waals surface area contributed by atoms with Crippen molar-refractivity contribution in [3.05, 3.63) is 11.4 Å². The van der Waals surface area contributed by atoms with Gasteiger partial charge in [-0.05, 0) is 27.7 Å². The van der Waals surface area contributed by atoms with Crippen LogP contribution in [0.1, 0.15) is 37.0 Å². The van der Waals surface area contributed by atoms with E-state index >= 15 is 0 Å². The molecule has 0 saturated carbocycles. The lowest BCUT2D eigenvalue weighted by Crippen LogP contribution is -2.47. The molecule has 0 radical (unpaired) electrons. The SMILES string of the molecule is CCN(CC)C(=O)C(C)NC(=O)c1n[nH]c(C)c1N. The van der Waals surface area contributed by atoms with Gasteiger partial charge in [-0.3, -0.25) is 14.7 Å². The fourth-order valence-electron chi connectivity index (χ4n) is 1.75. The van der Waals surface area contributed by atoms with E-state index in [-0.39, 0.29) is 11.6 Å². The summed E-state index contributed by atoms with van der Waals surface area (Å²) in [4.78, 5) is 25.6. The Balaban J connectivity index is 2.72. The molecule has 0 bridgehead atoms. The van der Waals surface area contributed by atoms with Crippen molar-refractivity contribution in [3.8, 4) is 0 Å². The van der Waals surface area contributed by atoms with Gasteiger partial charge in [0.15, 0.2) is 5.69 Å². The van der Waals surface area contributed by atoms with E-state index in [0.29, 0.717) is 24.5 Å². The molecule has 0 aliphatic carbocycles. The molecule has 1 aromatic rings. The van der Waals surface area contributed by atoms with Crippen LogP contribution in [-0.4, -0.2) is 46.0 Å². The van der Waals surface area contributed by atoms with Crippen molar-refractivity contribution in [2.45, 2.75) is 33.7 Å². The minimum Gasteiger partial charge on any atom is -0.395 e. The Bertz CT molecular complexity index is 465. The minimum atomic E-state index is -0.608. The Kier molecular flexibility index (Phi) is 4.91. The molecule has 0 spiro atoms. The molecule has 1 heterocycles. The number of nitrogens with one attached hydrogen (secondary N) is 2. The van der Waals surface area contributed by atoms with Gasteiger partial charge in [-0.2, -0.15) is 5.10 Å². The van der Waals surface area contributed by atoms with Crippen molar-refractivity contribution in [1.82, 2.24) is 20.4 Å². The summed E-state index contributed by atoms with van der Waals surface area (Å²) in [6.45, 7) is 8.38. The van der Waals surface area contributed by atoms with Gasteiger partial charge in [-0.1, -0.05) is 0 Å². The fraction of sp³-hybridized carbons (Fsp3) is 0.583. The maximum absolute atomic E-state index is 12.0. The highest BCUT2D eigenvalue weighted by atomic mass is 16.2. The van der Waals surface area contributed by atoms with Crippen molar-refractivity contribution in [1.29, 1.82) is 0 Å². The monoisotopic (exact) mass is 267 g/mol. The third kappa shape index (κ3) is 3.24. The molecule has 2 amide bonds. The van der Waals surface area contributed by atoms with Crippen molar-refractivity contribution in [2.75, 3.05) is 18.8 Å². The van der Waals surface area contributed by atoms with Crippen LogP contribution < -0.4 is 11.1 Å². The fourth-order valence-corrected chi connectivity index (χ4v) is 1.75. The molecule has 0 aromatic carbocycles. The predicted molar refractivity (Wildman–Crippen MR) is 72.6 cm³/mol. The maximum atomic E-state index is 12.0. The number of hydrogen-bond acceptors (Lipinski definition) is 4. The highest BCUT2D eigenvalue weighted by molar-refractivity contribution is 6.00. The lowest BCUT2D eigenvalue weighted by atomic mass is 10.2. The quantitative estimate of drug-likeness (QED) is 0.713. The van der Waals surface area contributed by atoms with Gasteiger partial charge in [0.05, 0.1) is 11.4 Å². The third-order valence-corrected chi connectivity index (χ3v) is 3.00. The first-order chi connectivity index (χ1) is 8.92. The van der Waals surface area contributed by atoms with E-state index in [1.807, 2.05) is 13.8 Å². The molecule has 1 unspecified atom stereocenters. The zero-order valence-electron chi connectivity index (χ0n) is 11.8. The highest BCUT2D eigenvalue weighted by Gasteiger charge is 2.23. The maximum Gasteiger partial charge on any atom is 0.274 e. The van der Waals surface area contributed by atoms with Crippen molar-refractivity contribution < 1.29 is 9.59 Å². The molecule has 0 saturated heterocycles. The molecule has 1 rings (SSSR count). The predicted octanol–water partition coefficient (Wildman–Crippen LogP) is 0.287. The number of aryl methyl sites for hydroxylation is 1. The number of rotatable bonds is 5. The number of anilines is 1. The molecule has 7 heteroatoms. The number of nitrogens with zero attached hydrogens (tertiary/aromatic N) is 2. The van der Waals surface area contributed by atoms with E-state index in [0.717, 1.165) is 0 Å². The van der Waals surface area contributed by atoms with Crippen LogP contribution in [-0.2, 0) is 4.79 Å². The van der Waals surface area contributed by atoms with Gasteiger partial charge < -0.3 is 16.0 Å². The van der Waals surface area contributed by atoms with Gasteiger partial charge in [0.1, 0.15) is 6.04 Å². The zero-order chi connectivity index (χ0) is 14.6.